The van der Waals surface area contributed by atoms with Gasteiger partial charge in [0, 0.05) is 31.0 Å². The Bertz CT molecular complexity index is 695. The van der Waals surface area contributed by atoms with Crippen molar-refractivity contribution in [3.05, 3.63) is 48.0 Å². The fourth-order valence-corrected chi connectivity index (χ4v) is 2.99. The maximum Gasteiger partial charge on any atom is 0.161 e. The number of nitrogens with one attached hydrogen (secondary N) is 1. The molecule has 0 unspecified atom stereocenters. The van der Waals surface area contributed by atoms with Crippen LogP contribution in [-0.4, -0.2) is 39.5 Å². The molecule has 0 saturated carbocycles. The van der Waals surface area contributed by atoms with Crippen molar-refractivity contribution in [3.8, 4) is 11.5 Å². The summed E-state index contributed by atoms with van der Waals surface area (Å²) < 4.78 is 16.6. The van der Waals surface area contributed by atoms with E-state index in [0.29, 0.717) is 0 Å². The van der Waals surface area contributed by atoms with Crippen molar-refractivity contribution in [2.75, 3.05) is 43.6 Å². The van der Waals surface area contributed by atoms with Gasteiger partial charge in [-0.15, -0.1) is 0 Å². The predicted molar refractivity (Wildman–Crippen MR) is 106 cm³/mol. The molecule has 2 aromatic carbocycles. The average molecular weight is 356 g/mol. The summed E-state index contributed by atoms with van der Waals surface area (Å²) in [7, 11) is 1.67. The second-order valence-electron chi connectivity index (χ2n) is 6.65. The van der Waals surface area contributed by atoms with E-state index >= 15 is 0 Å². The zero-order chi connectivity index (χ0) is 18.4. The molecule has 1 N–H and O–H groups in total. The third kappa shape index (κ3) is 4.82. The number of hydrogen-bond acceptors (Lipinski definition) is 5. The van der Waals surface area contributed by atoms with Crippen LogP contribution in [0.1, 0.15) is 19.4 Å². The molecule has 1 aliphatic rings. The lowest BCUT2D eigenvalue weighted by molar-refractivity contribution is 0.122. The Kier molecular flexibility index (Phi) is 6.23. The van der Waals surface area contributed by atoms with Crippen LogP contribution in [0.4, 0.5) is 11.4 Å². The number of ether oxygens (including phenoxy) is 3. The van der Waals surface area contributed by atoms with Crippen LogP contribution < -0.4 is 19.7 Å². The summed E-state index contributed by atoms with van der Waals surface area (Å²) in [5.74, 6) is 1.54. The van der Waals surface area contributed by atoms with Gasteiger partial charge < -0.3 is 24.4 Å². The molecule has 5 nitrogen and oxygen atoms in total. The smallest absolute Gasteiger partial charge is 0.161 e. The Morgan fingerprint density at radius 3 is 2.42 bits per heavy atom. The van der Waals surface area contributed by atoms with E-state index in [9.17, 15) is 0 Å². The Labute approximate surface area is 155 Å². The highest BCUT2D eigenvalue weighted by molar-refractivity contribution is 5.55. The molecule has 0 amide bonds. The van der Waals surface area contributed by atoms with Crippen molar-refractivity contribution >= 4 is 11.4 Å². The van der Waals surface area contributed by atoms with E-state index in [1.54, 1.807) is 7.11 Å². The topological polar surface area (TPSA) is 43.0 Å². The molecule has 1 saturated heterocycles. The Morgan fingerprint density at radius 1 is 1.04 bits per heavy atom. The van der Waals surface area contributed by atoms with E-state index in [1.165, 1.54) is 5.69 Å². The van der Waals surface area contributed by atoms with Gasteiger partial charge in [0.05, 0.1) is 26.4 Å². The molecule has 0 bridgehead atoms. The van der Waals surface area contributed by atoms with Gasteiger partial charge in [-0.1, -0.05) is 6.07 Å². The van der Waals surface area contributed by atoms with E-state index in [2.05, 4.69) is 40.5 Å². The third-order valence-corrected chi connectivity index (χ3v) is 4.33. The molecule has 0 spiro atoms. The summed E-state index contributed by atoms with van der Waals surface area (Å²) in [6.45, 7) is 8.27. The Morgan fingerprint density at radius 2 is 1.77 bits per heavy atom. The van der Waals surface area contributed by atoms with E-state index < -0.39 is 0 Å². The SMILES string of the molecule is COc1cc(CNc2ccc(N3CCOCC3)cc2)ccc1OC(C)C. The zero-order valence-electron chi connectivity index (χ0n) is 15.8. The first-order chi connectivity index (χ1) is 12.7. The highest BCUT2D eigenvalue weighted by Gasteiger charge is 2.11. The van der Waals surface area contributed by atoms with E-state index in [1.807, 2.05) is 26.0 Å². The molecule has 1 fully saturated rings. The summed E-state index contributed by atoms with van der Waals surface area (Å²) in [4.78, 5) is 2.35. The molecule has 0 aromatic heterocycles. The number of benzene rings is 2. The fraction of sp³-hybridized carbons (Fsp3) is 0.429. The van der Waals surface area contributed by atoms with Gasteiger partial charge in [-0.25, -0.2) is 0 Å². The average Bonchev–Trinajstić information content (AvgIpc) is 2.68. The lowest BCUT2D eigenvalue weighted by Crippen LogP contribution is -2.36. The maximum atomic E-state index is 5.77. The second kappa shape index (κ2) is 8.81. The summed E-state index contributed by atoms with van der Waals surface area (Å²) >= 11 is 0. The minimum absolute atomic E-state index is 0.123. The molecule has 0 aliphatic carbocycles. The summed E-state index contributed by atoms with van der Waals surface area (Å²) in [6, 6.07) is 14.6. The number of anilines is 2. The molecule has 26 heavy (non-hydrogen) atoms. The third-order valence-electron chi connectivity index (χ3n) is 4.33. The fourth-order valence-electron chi connectivity index (χ4n) is 2.99. The van der Waals surface area contributed by atoms with E-state index in [4.69, 9.17) is 14.2 Å². The van der Waals surface area contributed by atoms with Crippen molar-refractivity contribution in [1.29, 1.82) is 0 Å². The molecule has 0 radical (unpaired) electrons. The standard InChI is InChI=1S/C21H28N2O3/c1-16(2)26-20-9-4-17(14-21(20)24-3)15-22-18-5-7-19(8-6-18)23-10-12-25-13-11-23/h4-9,14,16,22H,10-13,15H2,1-3H3. The van der Waals surface area contributed by atoms with Crippen molar-refractivity contribution in [1.82, 2.24) is 0 Å². The minimum Gasteiger partial charge on any atom is -0.493 e. The largest absolute Gasteiger partial charge is 0.493 e. The number of rotatable bonds is 7. The lowest BCUT2D eigenvalue weighted by atomic mass is 10.2. The molecular weight excluding hydrogens is 328 g/mol. The zero-order valence-corrected chi connectivity index (χ0v) is 15.8. The van der Waals surface area contributed by atoms with Gasteiger partial charge in [-0.05, 0) is 55.8 Å². The van der Waals surface area contributed by atoms with Crippen LogP contribution in [0.15, 0.2) is 42.5 Å². The summed E-state index contributed by atoms with van der Waals surface area (Å²) in [5, 5.41) is 3.46. The molecule has 1 heterocycles. The van der Waals surface area contributed by atoms with Crippen LogP contribution in [0.5, 0.6) is 11.5 Å². The van der Waals surface area contributed by atoms with E-state index in [0.717, 1.165) is 55.6 Å². The monoisotopic (exact) mass is 356 g/mol. The number of methoxy groups -OCH3 is 1. The van der Waals surface area contributed by atoms with Crippen LogP contribution in [0, 0.1) is 0 Å². The molecule has 2 aromatic rings. The normalized spacial score (nSPS) is 14.4. The molecule has 5 heteroatoms. The molecule has 3 rings (SSSR count). The highest BCUT2D eigenvalue weighted by atomic mass is 16.5. The first-order valence-electron chi connectivity index (χ1n) is 9.16. The van der Waals surface area contributed by atoms with Crippen molar-refractivity contribution in [3.63, 3.8) is 0 Å². The van der Waals surface area contributed by atoms with Crippen molar-refractivity contribution in [2.45, 2.75) is 26.5 Å². The van der Waals surface area contributed by atoms with Crippen LogP contribution >= 0.6 is 0 Å². The summed E-state index contributed by atoms with van der Waals surface area (Å²) in [5.41, 5.74) is 3.49. The van der Waals surface area contributed by atoms with Gasteiger partial charge >= 0.3 is 0 Å². The number of morpholine rings is 1. The second-order valence-corrected chi connectivity index (χ2v) is 6.65. The van der Waals surface area contributed by atoms with Crippen LogP contribution in [0.3, 0.4) is 0 Å². The van der Waals surface area contributed by atoms with Gasteiger partial charge in [0.1, 0.15) is 0 Å². The maximum absolute atomic E-state index is 5.77. The van der Waals surface area contributed by atoms with Crippen LogP contribution in [0.2, 0.25) is 0 Å². The summed E-state index contributed by atoms with van der Waals surface area (Å²) in [6.07, 6.45) is 0.123. The first-order valence-corrected chi connectivity index (χ1v) is 9.16. The van der Waals surface area contributed by atoms with Gasteiger partial charge in [0.25, 0.3) is 0 Å². The first kappa shape index (κ1) is 18.4. The van der Waals surface area contributed by atoms with Crippen molar-refractivity contribution in [2.24, 2.45) is 0 Å². The van der Waals surface area contributed by atoms with Gasteiger partial charge in [-0.2, -0.15) is 0 Å². The lowest BCUT2D eigenvalue weighted by Gasteiger charge is -2.29. The molecule has 140 valence electrons. The number of nitrogens with zero attached hydrogens (tertiary/aromatic N) is 1. The molecule has 1 aliphatic heterocycles. The Hall–Kier alpha value is -2.40. The van der Waals surface area contributed by atoms with Gasteiger partial charge in [0.2, 0.25) is 0 Å². The predicted octanol–water partition coefficient (Wildman–Crippen LogP) is 3.93. The van der Waals surface area contributed by atoms with Crippen LogP contribution in [-0.2, 0) is 11.3 Å². The minimum atomic E-state index is 0.123. The molecule has 0 atom stereocenters. The highest BCUT2D eigenvalue weighted by Crippen LogP contribution is 2.29. The molecular formula is C21H28N2O3. The van der Waals surface area contributed by atoms with E-state index in [-0.39, 0.29) is 6.10 Å². The Balaban J connectivity index is 1.59. The van der Waals surface area contributed by atoms with Crippen LogP contribution in [0.25, 0.3) is 0 Å². The number of hydrogen-bond donors (Lipinski definition) is 1. The van der Waals surface area contributed by atoms with Gasteiger partial charge in [0.15, 0.2) is 11.5 Å². The van der Waals surface area contributed by atoms with Gasteiger partial charge in [-0.3, -0.25) is 0 Å². The van der Waals surface area contributed by atoms with Crippen molar-refractivity contribution < 1.29 is 14.2 Å². The quantitative estimate of drug-likeness (QED) is 0.814.